The van der Waals surface area contributed by atoms with Crippen LogP contribution < -0.4 is 4.74 Å². The number of ether oxygens (including phenoxy) is 1. The Labute approximate surface area is 133 Å². The second-order valence-electron chi connectivity index (χ2n) is 4.28. The fourth-order valence-corrected chi connectivity index (χ4v) is 3.73. The SMILES string of the molecule is COc1ccc(Br)c2c(Cl)nc(-c3cscc3C)nc12. The summed E-state index contributed by atoms with van der Waals surface area (Å²) in [4.78, 5) is 9.04. The Kier molecular flexibility index (Phi) is 3.67. The number of nitrogens with zero attached hydrogens (tertiary/aromatic N) is 2. The number of hydrogen-bond acceptors (Lipinski definition) is 4. The van der Waals surface area contributed by atoms with Crippen LogP contribution in [-0.4, -0.2) is 17.1 Å². The zero-order valence-electron chi connectivity index (χ0n) is 10.8. The number of aromatic nitrogens is 2. The lowest BCUT2D eigenvalue weighted by molar-refractivity contribution is 0.419. The minimum absolute atomic E-state index is 0.418. The van der Waals surface area contributed by atoms with Crippen LogP contribution in [0.25, 0.3) is 22.3 Å². The predicted molar refractivity (Wildman–Crippen MR) is 86.9 cm³/mol. The van der Waals surface area contributed by atoms with E-state index in [-0.39, 0.29) is 0 Å². The molecular weight excluding hydrogens is 360 g/mol. The maximum Gasteiger partial charge on any atom is 0.162 e. The summed E-state index contributed by atoms with van der Waals surface area (Å²) in [5, 5.41) is 5.27. The summed E-state index contributed by atoms with van der Waals surface area (Å²) >= 11 is 11.4. The van der Waals surface area contributed by atoms with Gasteiger partial charge in [0.2, 0.25) is 0 Å². The van der Waals surface area contributed by atoms with E-state index >= 15 is 0 Å². The van der Waals surface area contributed by atoms with Gasteiger partial charge in [-0.3, -0.25) is 0 Å². The first-order chi connectivity index (χ1) is 9.61. The Morgan fingerprint density at radius 2 is 2.05 bits per heavy atom. The third kappa shape index (κ3) is 2.20. The lowest BCUT2D eigenvalue weighted by Gasteiger charge is -2.09. The molecule has 2 aromatic heterocycles. The van der Waals surface area contributed by atoms with Crippen molar-refractivity contribution in [2.75, 3.05) is 7.11 Å². The zero-order valence-corrected chi connectivity index (χ0v) is 13.9. The van der Waals surface area contributed by atoms with Crippen molar-refractivity contribution in [2.24, 2.45) is 0 Å². The van der Waals surface area contributed by atoms with Crippen LogP contribution in [0.4, 0.5) is 0 Å². The van der Waals surface area contributed by atoms with Gasteiger partial charge in [-0.25, -0.2) is 9.97 Å². The van der Waals surface area contributed by atoms with E-state index in [0.717, 1.165) is 21.0 Å². The molecule has 6 heteroatoms. The van der Waals surface area contributed by atoms with Gasteiger partial charge in [-0.2, -0.15) is 11.3 Å². The molecule has 3 nitrogen and oxygen atoms in total. The lowest BCUT2D eigenvalue weighted by atomic mass is 10.2. The molecule has 0 bridgehead atoms. The van der Waals surface area contributed by atoms with E-state index in [4.69, 9.17) is 16.3 Å². The molecule has 0 saturated carbocycles. The summed E-state index contributed by atoms with van der Waals surface area (Å²) in [6.45, 7) is 2.03. The van der Waals surface area contributed by atoms with E-state index < -0.39 is 0 Å². The van der Waals surface area contributed by atoms with Gasteiger partial charge in [0.25, 0.3) is 0 Å². The lowest BCUT2D eigenvalue weighted by Crippen LogP contribution is -1.95. The van der Waals surface area contributed by atoms with Gasteiger partial charge in [0, 0.05) is 15.4 Å². The maximum atomic E-state index is 6.33. The molecule has 3 rings (SSSR count). The number of fused-ring (bicyclic) bond motifs is 1. The molecule has 0 fully saturated rings. The van der Waals surface area contributed by atoms with Crippen molar-refractivity contribution in [3.05, 3.63) is 38.1 Å². The standard InChI is InChI=1S/C14H10BrClN2OS/c1-7-5-20-6-8(7)14-17-12-10(19-2)4-3-9(15)11(12)13(16)18-14/h3-6H,1-2H3. The third-order valence-corrected chi connectivity index (χ3v) is 4.83. The van der Waals surface area contributed by atoms with Crippen molar-refractivity contribution in [3.8, 4) is 17.1 Å². The van der Waals surface area contributed by atoms with E-state index in [9.17, 15) is 0 Å². The fraction of sp³-hybridized carbons (Fsp3) is 0.143. The Bertz CT molecular complexity index is 803. The largest absolute Gasteiger partial charge is 0.494 e. The number of halogens is 2. The van der Waals surface area contributed by atoms with Crippen LogP contribution in [0, 0.1) is 6.92 Å². The molecule has 20 heavy (non-hydrogen) atoms. The number of methoxy groups -OCH3 is 1. The van der Waals surface area contributed by atoms with E-state index in [1.54, 1.807) is 18.4 Å². The zero-order chi connectivity index (χ0) is 14.3. The molecule has 0 N–H and O–H groups in total. The Balaban J connectivity index is 2.36. The third-order valence-electron chi connectivity index (χ3n) is 3.03. The van der Waals surface area contributed by atoms with Crippen LogP contribution in [0.15, 0.2) is 27.4 Å². The summed E-state index contributed by atoms with van der Waals surface area (Å²) < 4.78 is 6.23. The second kappa shape index (κ2) is 5.31. The summed E-state index contributed by atoms with van der Waals surface area (Å²) in [5.74, 6) is 1.30. The van der Waals surface area contributed by atoms with Crippen molar-refractivity contribution in [1.82, 2.24) is 9.97 Å². The van der Waals surface area contributed by atoms with Gasteiger partial charge in [-0.1, -0.05) is 11.6 Å². The molecule has 0 amide bonds. The highest BCUT2D eigenvalue weighted by atomic mass is 79.9. The number of aryl methyl sites for hydroxylation is 1. The molecule has 0 radical (unpaired) electrons. The summed E-state index contributed by atoms with van der Waals surface area (Å²) in [6, 6.07) is 3.74. The van der Waals surface area contributed by atoms with Crippen LogP contribution in [-0.2, 0) is 0 Å². The Morgan fingerprint density at radius 3 is 2.70 bits per heavy atom. The minimum atomic E-state index is 0.418. The van der Waals surface area contributed by atoms with Crippen molar-refractivity contribution < 1.29 is 4.74 Å². The number of rotatable bonds is 2. The average molecular weight is 370 g/mol. The van der Waals surface area contributed by atoms with Gasteiger partial charge in [0.15, 0.2) is 5.82 Å². The first-order valence-electron chi connectivity index (χ1n) is 5.84. The highest BCUT2D eigenvalue weighted by Gasteiger charge is 2.15. The molecule has 0 aliphatic heterocycles. The normalized spacial score (nSPS) is 11.0. The second-order valence-corrected chi connectivity index (χ2v) is 6.24. The van der Waals surface area contributed by atoms with Gasteiger partial charge >= 0.3 is 0 Å². The summed E-state index contributed by atoms with van der Waals surface area (Å²) in [6.07, 6.45) is 0. The molecule has 0 unspecified atom stereocenters. The highest BCUT2D eigenvalue weighted by Crippen LogP contribution is 2.36. The molecule has 102 valence electrons. The van der Waals surface area contributed by atoms with Crippen LogP contribution in [0.2, 0.25) is 5.15 Å². The molecule has 0 spiro atoms. The van der Waals surface area contributed by atoms with Crippen LogP contribution in [0.3, 0.4) is 0 Å². The molecular formula is C14H10BrClN2OS. The van der Waals surface area contributed by atoms with Crippen molar-refractivity contribution >= 4 is 49.8 Å². The van der Waals surface area contributed by atoms with Crippen molar-refractivity contribution in [1.29, 1.82) is 0 Å². The minimum Gasteiger partial charge on any atom is -0.494 e. The first kappa shape index (κ1) is 13.8. The van der Waals surface area contributed by atoms with E-state index in [0.29, 0.717) is 22.2 Å². The molecule has 0 aliphatic carbocycles. The van der Waals surface area contributed by atoms with Gasteiger partial charge in [-0.05, 0) is 45.9 Å². The number of hydrogen-bond donors (Lipinski definition) is 0. The molecule has 2 heterocycles. The summed E-state index contributed by atoms with van der Waals surface area (Å²) in [7, 11) is 1.62. The maximum absolute atomic E-state index is 6.33. The molecule has 0 saturated heterocycles. The monoisotopic (exact) mass is 368 g/mol. The predicted octanol–water partition coefficient (Wildman–Crippen LogP) is 5.09. The first-order valence-corrected chi connectivity index (χ1v) is 7.96. The Morgan fingerprint density at radius 1 is 1.25 bits per heavy atom. The highest BCUT2D eigenvalue weighted by molar-refractivity contribution is 9.10. The quantitative estimate of drug-likeness (QED) is 0.590. The molecule has 1 aromatic carbocycles. The number of thiophene rings is 1. The van der Waals surface area contributed by atoms with Gasteiger partial charge in [0.05, 0.1) is 12.5 Å². The molecule has 3 aromatic rings. The van der Waals surface area contributed by atoms with E-state index in [1.165, 1.54) is 0 Å². The smallest absolute Gasteiger partial charge is 0.162 e. The summed E-state index contributed by atoms with van der Waals surface area (Å²) in [5.41, 5.74) is 2.85. The number of benzene rings is 1. The van der Waals surface area contributed by atoms with Crippen LogP contribution >= 0.6 is 38.9 Å². The van der Waals surface area contributed by atoms with Gasteiger partial charge in [0.1, 0.15) is 16.4 Å². The van der Waals surface area contributed by atoms with E-state index in [1.807, 2.05) is 24.4 Å². The van der Waals surface area contributed by atoms with Gasteiger partial charge < -0.3 is 4.74 Å². The van der Waals surface area contributed by atoms with Crippen molar-refractivity contribution in [3.63, 3.8) is 0 Å². The Hall–Kier alpha value is -1.17. The van der Waals surface area contributed by atoms with Gasteiger partial charge in [-0.15, -0.1) is 0 Å². The topological polar surface area (TPSA) is 35.0 Å². The molecule has 0 atom stereocenters. The fourth-order valence-electron chi connectivity index (χ4n) is 2.01. The van der Waals surface area contributed by atoms with E-state index in [2.05, 4.69) is 31.3 Å². The van der Waals surface area contributed by atoms with Crippen LogP contribution in [0.5, 0.6) is 5.75 Å². The van der Waals surface area contributed by atoms with Crippen molar-refractivity contribution in [2.45, 2.75) is 6.92 Å². The average Bonchev–Trinajstić information content (AvgIpc) is 2.85. The van der Waals surface area contributed by atoms with Crippen LogP contribution in [0.1, 0.15) is 5.56 Å². The molecule has 0 aliphatic rings.